The first-order valence-electron chi connectivity index (χ1n) is 8.26. The topological polar surface area (TPSA) is 42.3 Å². The number of sulfonamides is 1. The van der Waals surface area contributed by atoms with Gasteiger partial charge < -0.3 is 4.57 Å². The SMILES string of the molecule is Cn1c(C2CCN(S(=O)(=O)c3ccc(Cl)s3)CC2)cc2ccccc21. The van der Waals surface area contributed by atoms with Gasteiger partial charge in [-0.1, -0.05) is 29.8 Å². The van der Waals surface area contributed by atoms with Crippen molar-refractivity contribution in [1.29, 1.82) is 0 Å². The van der Waals surface area contributed by atoms with Crippen LogP contribution in [0.25, 0.3) is 10.9 Å². The summed E-state index contributed by atoms with van der Waals surface area (Å²) in [6, 6.07) is 13.8. The molecule has 0 atom stereocenters. The van der Waals surface area contributed by atoms with E-state index in [0.29, 0.717) is 27.6 Å². The molecule has 0 bridgehead atoms. The molecular formula is C18H19ClN2O2S2. The molecule has 1 saturated heterocycles. The summed E-state index contributed by atoms with van der Waals surface area (Å²) in [4.78, 5) is 0. The summed E-state index contributed by atoms with van der Waals surface area (Å²) in [6.07, 6.45) is 1.67. The van der Waals surface area contributed by atoms with E-state index in [2.05, 4.69) is 29.8 Å². The monoisotopic (exact) mass is 394 g/mol. The van der Waals surface area contributed by atoms with Gasteiger partial charge in [0.25, 0.3) is 10.0 Å². The van der Waals surface area contributed by atoms with Gasteiger partial charge in [-0.15, -0.1) is 11.3 Å². The second kappa shape index (κ2) is 6.43. The second-order valence-electron chi connectivity index (χ2n) is 6.42. The molecule has 132 valence electrons. The Balaban J connectivity index is 1.54. The fourth-order valence-corrected chi connectivity index (χ4v) is 6.76. The van der Waals surface area contributed by atoms with Crippen LogP contribution < -0.4 is 0 Å². The Kier molecular flexibility index (Phi) is 4.40. The Morgan fingerprint density at radius 3 is 2.48 bits per heavy atom. The molecule has 3 aromatic rings. The summed E-state index contributed by atoms with van der Waals surface area (Å²) in [7, 11) is -1.33. The highest BCUT2D eigenvalue weighted by atomic mass is 35.5. The number of thiophene rings is 1. The van der Waals surface area contributed by atoms with Crippen LogP contribution in [0.3, 0.4) is 0 Å². The molecule has 1 fully saturated rings. The van der Waals surface area contributed by atoms with E-state index in [4.69, 9.17) is 11.6 Å². The standard InChI is InChI=1S/C18H19ClN2O2S2/c1-20-15-5-3-2-4-14(15)12-16(20)13-8-10-21(11-9-13)25(22,23)18-7-6-17(19)24-18/h2-7,12-13H,8-11H2,1H3. The van der Waals surface area contributed by atoms with Crippen molar-refractivity contribution in [3.05, 3.63) is 52.5 Å². The van der Waals surface area contributed by atoms with Gasteiger partial charge in [0.2, 0.25) is 0 Å². The number of aromatic nitrogens is 1. The van der Waals surface area contributed by atoms with Crippen LogP contribution in [-0.2, 0) is 17.1 Å². The van der Waals surface area contributed by atoms with Crippen molar-refractivity contribution in [2.75, 3.05) is 13.1 Å². The molecule has 7 heteroatoms. The van der Waals surface area contributed by atoms with E-state index in [1.54, 1.807) is 16.4 Å². The number of benzene rings is 1. The zero-order valence-corrected chi connectivity index (χ0v) is 16.2. The average molecular weight is 395 g/mol. The van der Waals surface area contributed by atoms with Crippen LogP contribution in [0.4, 0.5) is 0 Å². The second-order valence-corrected chi connectivity index (χ2v) is 10.3. The number of para-hydroxylation sites is 1. The number of aryl methyl sites for hydroxylation is 1. The fourth-order valence-electron chi connectivity index (χ4n) is 3.66. The van der Waals surface area contributed by atoms with E-state index in [9.17, 15) is 8.42 Å². The molecule has 0 unspecified atom stereocenters. The molecule has 4 rings (SSSR count). The van der Waals surface area contributed by atoms with Crippen LogP contribution in [0, 0.1) is 0 Å². The number of fused-ring (bicyclic) bond motifs is 1. The Bertz CT molecular complexity index is 1010. The first kappa shape index (κ1) is 17.1. The van der Waals surface area contributed by atoms with Crippen molar-refractivity contribution in [2.45, 2.75) is 23.0 Å². The molecular weight excluding hydrogens is 376 g/mol. The summed E-state index contributed by atoms with van der Waals surface area (Å²) in [5.41, 5.74) is 2.51. The van der Waals surface area contributed by atoms with E-state index in [0.717, 1.165) is 24.2 Å². The molecule has 25 heavy (non-hydrogen) atoms. The normalized spacial score (nSPS) is 17.4. The van der Waals surface area contributed by atoms with Gasteiger partial charge in [0.15, 0.2) is 0 Å². The van der Waals surface area contributed by atoms with Gasteiger partial charge in [-0.25, -0.2) is 8.42 Å². The third-order valence-corrected chi connectivity index (χ3v) is 8.60. The van der Waals surface area contributed by atoms with Crippen molar-refractivity contribution in [1.82, 2.24) is 8.87 Å². The molecule has 2 aromatic heterocycles. The average Bonchev–Trinajstić information content (AvgIpc) is 3.20. The minimum absolute atomic E-state index is 0.334. The van der Waals surface area contributed by atoms with Crippen LogP contribution in [-0.4, -0.2) is 30.4 Å². The summed E-state index contributed by atoms with van der Waals surface area (Å²) in [5, 5.41) is 1.24. The Labute approximate surface area is 156 Å². The van der Waals surface area contributed by atoms with E-state index in [1.165, 1.54) is 16.6 Å². The quantitative estimate of drug-likeness (QED) is 0.658. The molecule has 0 spiro atoms. The smallest absolute Gasteiger partial charge is 0.252 e. The number of hydrogen-bond acceptors (Lipinski definition) is 3. The van der Waals surface area contributed by atoms with Crippen molar-refractivity contribution >= 4 is 43.9 Å². The first-order valence-corrected chi connectivity index (χ1v) is 10.9. The number of hydrogen-bond donors (Lipinski definition) is 0. The zero-order chi connectivity index (χ0) is 17.6. The van der Waals surface area contributed by atoms with Gasteiger partial charge in [-0.05, 0) is 42.5 Å². The number of nitrogens with zero attached hydrogens (tertiary/aromatic N) is 2. The maximum Gasteiger partial charge on any atom is 0.252 e. The van der Waals surface area contributed by atoms with Crippen molar-refractivity contribution < 1.29 is 8.42 Å². The van der Waals surface area contributed by atoms with Crippen molar-refractivity contribution in [3.8, 4) is 0 Å². The summed E-state index contributed by atoms with van der Waals surface area (Å²) >= 11 is 7.02. The first-order chi connectivity index (χ1) is 12.0. The Morgan fingerprint density at radius 2 is 1.84 bits per heavy atom. The summed E-state index contributed by atoms with van der Waals surface area (Å²) < 4.78 is 30.1. The zero-order valence-electron chi connectivity index (χ0n) is 13.9. The van der Waals surface area contributed by atoms with Crippen LogP contribution in [0.15, 0.2) is 46.7 Å². The third-order valence-electron chi connectivity index (χ3n) is 5.00. The predicted octanol–water partition coefficient (Wildman–Crippen LogP) is 4.46. The van der Waals surface area contributed by atoms with Crippen LogP contribution >= 0.6 is 22.9 Å². The fraction of sp³-hybridized carbons (Fsp3) is 0.333. The molecule has 4 nitrogen and oxygen atoms in total. The maximum atomic E-state index is 12.7. The molecule has 3 heterocycles. The van der Waals surface area contributed by atoms with Gasteiger partial charge >= 0.3 is 0 Å². The number of piperidine rings is 1. The minimum atomic E-state index is -3.42. The number of halogens is 1. The van der Waals surface area contributed by atoms with Crippen LogP contribution in [0.5, 0.6) is 0 Å². The summed E-state index contributed by atoms with van der Waals surface area (Å²) in [6.45, 7) is 1.09. The van der Waals surface area contributed by atoms with Gasteiger partial charge in [-0.2, -0.15) is 4.31 Å². The molecule has 1 aromatic carbocycles. The Morgan fingerprint density at radius 1 is 1.12 bits per heavy atom. The molecule has 0 saturated carbocycles. The van der Waals surface area contributed by atoms with Gasteiger partial charge in [-0.3, -0.25) is 0 Å². The van der Waals surface area contributed by atoms with Gasteiger partial charge in [0.1, 0.15) is 4.21 Å². The van der Waals surface area contributed by atoms with Crippen molar-refractivity contribution in [3.63, 3.8) is 0 Å². The van der Waals surface area contributed by atoms with E-state index < -0.39 is 10.0 Å². The van der Waals surface area contributed by atoms with E-state index >= 15 is 0 Å². The van der Waals surface area contributed by atoms with Crippen molar-refractivity contribution in [2.24, 2.45) is 7.05 Å². The Hall–Kier alpha value is -1.34. The molecule has 1 aliphatic rings. The highest BCUT2D eigenvalue weighted by Crippen LogP contribution is 2.35. The third kappa shape index (κ3) is 3.01. The van der Waals surface area contributed by atoms with E-state index in [1.807, 2.05) is 12.1 Å². The lowest BCUT2D eigenvalue weighted by atomic mass is 9.94. The van der Waals surface area contributed by atoms with Gasteiger partial charge in [0.05, 0.1) is 4.34 Å². The lowest BCUT2D eigenvalue weighted by Crippen LogP contribution is -2.37. The molecule has 0 radical (unpaired) electrons. The summed E-state index contributed by atoms with van der Waals surface area (Å²) in [5.74, 6) is 0.385. The van der Waals surface area contributed by atoms with Crippen LogP contribution in [0.1, 0.15) is 24.5 Å². The number of rotatable bonds is 3. The van der Waals surface area contributed by atoms with Crippen LogP contribution in [0.2, 0.25) is 4.34 Å². The lowest BCUT2D eigenvalue weighted by Gasteiger charge is -2.31. The molecule has 1 aliphatic heterocycles. The predicted molar refractivity (Wildman–Crippen MR) is 103 cm³/mol. The lowest BCUT2D eigenvalue weighted by molar-refractivity contribution is 0.315. The molecule has 0 aliphatic carbocycles. The maximum absolute atomic E-state index is 12.7. The molecule has 0 amide bonds. The minimum Gasteiger partial charge on any atom is -0.347 e. The van der Waals surface area contributed by atoms with Gasteiger partial charge in [0, 0.05) is 37.3 Å². The highest BCUT2D eigenvalue weighted by molar-refractivity contribution is 7.91. The largest absolute Gasteiger partial charge is 0.347 e. The van der Waals surface area contributed by atoms with E-state index in [-0.39, 0.29) is 0 Å². The highest BCUT2D eigenvalue weighted by Gasteiger charge is 2.31. The molecule has 0 N–H and O–H groups in total.